The van der Waals surface area contributed by atoms with Gasteiger partial charge in [0.2, 0.25) is 0 Å². The van der Waals surface area contributed by atoms with Crippen LogP contribution in [0, 0.1) is 0 Å². The highest BCUT2D eigenvalue weighted by atomic mass is 16.4. The van der Waals surface area contributed by atoms with Gasteiger partial charge in [-0.05, 0) is 32.9 Å². The van der Waals surface area contributed by atoms with Gasteiger partial charge in [-0.15, -0.1) is 0 Å². The van der Waals surface area contributed by atoms with Crippen molar-refractivity contribution in [3.63, 3.8) is 0 Å². The van der Waals surface area contributed by atoms with Gasteiger partial charge in [0.1, 0.15) is 0 Å². The number of hydrogen-bond donors (Lipinski definition) is 3. The molecule has 1 fully saturated rings. The van der Waals surface area contributed by atoms with Crippen LogP contribution in [0.4, 0.5) is 4.79 Å². The summed E-state index contributed by atoms with van der Waals surface area (Å²) in [7, 11) is 2.08. The normalized spacial score (nSPS) is 20.4. The summed E-state index contributed by atoms with van der Waals surface area (Å²) in [5, 5.41) is 13.9. The molecule has 104 valence electrons. The van der Waals surface area contributed by atoms with Crippen molar-refractivity contribution >= 4 is 12.0 Å². The van der Waals surface area contributed by atoms with Gasteiger partial charge in [-0.25, -0.2) is 4.79 Å². The molecule has 0 aromatic carbocycles. The van der Waals surface area contributed by atoms with Crippen molar-refractivity contribution < 1.29 is 14.7 Å². The highest BCUT2D eigenvalue weighted by Crippen LogP contribution is 2.13. The van der Waals surface area contributed by atoms with E-state index in [1.165, 1.54) is 12.8 Å². The Bertz CT molecular complexity index is 284. The molecule has 0 radical (unpaired) electrons. The smallest absolute Gasteiger partial charge is 0.314 e. The summed E-state index contributed by atoms with van der Waals surface area (Å²) in [6.45, 7) is 2.15. The number of aliphatic carboxylic acids is 1. The summed E-state index contributed by atoms with van der Waals surface area (Å²) < 4.78 is 0. The topological polar surface area (TPSA) is 81.7 Å². The molecule has 0 spiro atoms. The molecule has 1 heterocycles. The molecule has 0 bridgehead atoms. The van der Waals surface area contributed by atoms with Crippen molar-refractivity contribution in [1.29, 1.82) is 0 Å². The lowest BCUT2D eigenvalue weighted by atomic mass is 10.0. The van der Waals surface area contributed by atoms with Crippen LogP contribution in [-0.2, 0) is 4.79 Å². The van der Waals surface area contributed by atoms with Gasteiger partial charge in [0, 0.05) is 25.6 Å². The van der Waals surface area contributed by atoms with Crippen LogP contribution in [0.3, 0.4) is 0 Å². The van der Waals surface area contributed by atoms with Crippen molar-refractivity contribution in [2.45, 2.75) is 38.1 Å². The third kappa shape index (κ3) is 5.86. The number of carboxylic acid groups (broad SMARTS) is 1. The third-order valence-corrected chi connectivity index (χ3v) is 3.27. The summed E-state index contributed by atoms with van der Waals surface area (Å²) in [6, 6.07) is 0.211. The van der Waals surface area contributed by atoms with E-state index in [1.807, 2.05) is 0 Å². The van der Waals surface area contributed by atoms with E-state index in [1.54, 1.807) is 0 Å². The number of amides is 2. The molecule has 18 heavy (non-hydrogen) atoms. The molecular weight excluding hydrogens is 234 g/mol. The fraction of sp³-hybridized carbons (Fsp3) is 0.833. The number of carbonyl (C=O) groups is 2. The summed E-state index contributed by atoms with van der Waals surface area (Å²) in [4.78, 5) is 24.0. The summed E-state index contributed by atoms with van der Waals surface area (Å²) in [5.74, 6) is -0.832. The van der Waals surface area contributed by atoms with E-state index < -0.39 is 5.97 Å². The molecule has 0 aliphatic carbocycles. The zero-order valence-electron chi connectivity index (χ0n) is 10.9. The number of hydrogen-bond acceptors (Lipinski definition) is 3. The van der Waals surface area contributed by atoms with Crippen molar-refractivity contribution in [2.75, 3.05) is 26.7 Å². The number of nitrogens with zero attached hydrogens (tertiary/aromatic N) is 1. The summed E-state index contributed by atoms with van der Waals surface area (Å²) in [5.41, 5.74) is 0. The molecule has 1 saturated heterocycles. The van der Waals surface area contributed by atoms with Crippen LogP contribution in [0.5, 0.6) is 0 Å². The van der Waals surface area contributed by atoms with Crippen LogP contribution >= 0.6 is 0 Å². The lowest BCUT2D eigenvalue weighted by molar-refractivity contribution is -0.137. The third-order valence-electron chi connectivity index (χ3n) is 3.27. The zero-order valence-corrected chi connectivity index (χ0v) is 10.9. The number of carboxylic acids is 1. The highest BCUT2D eigenvalue weighted by molar-refractivity contribution is 5.73. The minimum atomic E-state index is -0.832. The Morgan fingerprint density at radius 2 is 2.11 bits per heavy atom. The quantitative estimate of drug-likeness (QED) is 0.610. The van der Waals surface area contributed by atoms with E-state index in [4.69, 9.17) is 5.11 Å². The van der Waals surface area contributed by atoms with Gasteiger partial charge < -0.3 is 20.6 Å². The Morgan fingerprint density at radius 3 is 2.78 bits per heavy atom. The van der Waals surface area contributed by atoms with Crippen molar-refractivity contribution in [1.82, 2.24) is 15.5 Å². The maximum atomic E-state index is 11.4. The SMILES string of the molecule is CN1CCCCC1CNC(=O)NCCCC(=O)O. The van der Waals surface area contributed by atoms with Gasteiger partial charge in [0.15, 0.2) is 0 Å². The molecule has 0 aromatic rings. The lowest BCUT2D eigenvalue weighted by Crippen LogP contribution is -2.47. The van der Waals surface area contributed by atoms with Gasteiger partial charge in [-0.1, -0.05) is 6.42 Å². The molecule has 1 atom stereocenters. The maximum Gasteiger partial charge on any atom is 0.314 e. The van der Waals surface area contributed by atoms with Crippen LogP contribution in [0.1, 0.15) is 32.1 Å². The molecule has 2 amide bonds. The Morgan fingerprint density at radius 1 is 1.33 bits per heavy atom. The van der Waals surface area contributed by atoms with E-state index in [0.717, 1.165) is 13.0 Å². The monoisotopic (exact) mass is 257 g/mol. The fourth-order valence-corrected chi connectivity index (χ4v) is 2.12. The van der Waals surface area contributed by atoms with E-state index in [0.29, 0.717) is 25.6 Å². The van der Waals surface area contributed by atoms with Crippen molar-refractivity contribution in [2.24, 2.45) is 0 Å². The molecule has 1 unspecified atom stereocenters. The number of rotatable bonds is 6. The molecule has 1 rings (SSSR count). The second-order valence-corrected chi connectivity index (χ2v) is 4.76. The van der Waals surface area contributed by atoms with Crippen LogP contribution in [-0.4, -0.2) is 54.7 Å². The minimum absolute atomic E-state index is 0.0889. The van der Waals surface area contributed by atoms with Crippen LogP contribution in [0.25, 0.3) is 0 Å². The highest BCUT2D eigenvalue weighted by Gasteiger charge is 2.18. The lowest BCUT2D eigenvalue weighted by Gasteiger charge is -2.32. The van der Waals surface area contributed by atoms with Gasteiger partial charge in [0.05, 0.1) is 0 Å². The van der Waals surface area contributed by atoms with Crippen LogP contribution in [0.15, 0.2) is 0 Å². The Balaban J connectivity index is 2.07. The Kier molecular flexibility index (Phi) is 6.49. The van der Waals surface area contributed by atoms with Gasteiger partial charge >= 0.3 is 12.0 Å². The van der Waals surface area contributed by atoms with Gasteiger partial charge in [-0.3, -0.25) is 4.79 Å². The molecule has 0 aromatic heterocycles. The molecule has 6 nitrogen and oxygen atoms in total. The molecule has 6 heteroatoms. The van der Waals surface area contributed by atoms with Crippen molar-refractivity contribution in [3.05, 3.63) is 0 Å². The number of likely N-dealkylation sites (tertiary alicyclic amines) is 1. The van der Waals surface area contributed by atoms with E-state index >= 15 is 0 Å². The van der Waals surface area contributed by atoms with E-state index in [2.05, 4.69) is 22.6 Å². The molecule has 3 N–H and O–H groups in total. The zero-order chi connectivity index (χ0) is 13.4. The first-order valence-corrected chi connectivity index (χ1v) is 6.53. The summed E-state index contributed by atoms with van der Waals surface area (Å²) in [6.07, 6.45) is 4.12. The molecule has 1 aliphatic rings. The van der Waals surface area contributed by atoms with E-state index in [9.17, 15) is 9.59 Å². The standard InChI is InChI=1S/C12H23N3O3/c1-15-8-3-2-5-10(15)9-14-12(18)13-7-4-6-11(16)17/h10H,2-9H2,1H3,(H,16,17)(H2,13,14,18). The first kappa shape index (κ1) is 14.8. The second-order valence-electron chi connectivity index (χ2n) is 4.76. The van der Waals surface area contributed by atoms with Gasteiger partial charge in [0.25, 0.3) is 0 Å². The van der Waals surface area contributed by atoms with Crippen LogP contribution < -0.4 is 10.6 Å². The fourth-order valence-electron chi connectivity index (χ4n) is 2.12. The first-order chi connectivity index (χ1) is 8.59. The molecule has 1 aliphatic heterocycles. The number of nitrogens with one attached hydrogen (secondary N) is 2. The van der Waals surface area contributed by atoms with E-state index in [-0.39, 0.29) is 12.5 Å². The maximum absolute atomic E-state index is 11.4. The number of carbonyl (C=O) groups excluding carboxylic acids is 1. The average molecular weight is 257 g/mol. The summed E-state index contributed by atoms with van der Waals surface area (Å²) >= 11 is 0. The second kappa shape index (κ2) is 7.92. The van der Waals surface area contributed by atoms with Crippen LogP contribution in [0.2, 0.25) is 0 Å². The Labute approximate surface area is 108 Å². The minimum Gasteiger partial charge on any atom is -0.481 e. The largest absolute Gasteiger partial charge is 0.481 e. The predicted molar refractivity (Wildman–Crippen MR) is 68.5 cm³/mol. The molecular formula is C12H23N3O3. The first-order valence-electron chi connectivity index (χ1n) is 6.53. The number of likely N-dealkylation sites (N-methyl/N-ethyl adjacent to an activating group) is 1. The Hall–Kier alpha value is -1.30. The predicted octanol–water partition coefficient (Wildman–Crippen LogP) is 0.635. The van der Waals surface area contributed by atoms with Crippen molar-refractivity contribution in [3.8, 4) is 0 Å². The number of urea groups is 1. The average Bonchev–Trinajstić information content (AvgIpc) is 2.33. The van der Waals surface area contributed by atoms with Gasteiger partial charge in [-0.2, -0.15) is 0 Å². The molecule has 0 saturated carbocycles. The number of piperidine rings is 1.